The van der Waals surface area contributed by atoms with Crippen molar-refractivity contribution in [3.05, 3.63) is 50.1 Å². The van der Waals surface area contributed by atoms with Crippen molar-refractivity contribution in [2.24, 2.45) is 0 Å². The number of carbonyl (C=O) groups excluding carboxylic acids is 3. The smallest absolute Gasteiger partial charge is 0.293 e. The van der Waals surface area contributed by atoms with Crippen LogP contribution in [0.25, 0.3) is 6.08 Å². The largest absolute Gasteiger partial charge is 0.454 e. The molecule has 0 bridgehead atoms. The first-order valence-corrected chi connectivity index (χ1v) is 10.6. The summed E-state index contributed by atoms with van der Waals surface area (Å²) in [7, 11) is 0. The minimum Gasteiger partial charge on any atom is -0.454 e. The molecule has 1 aromatic carbocycles. The number of fused-ring (bicyclic) bond motifs is 1. The Balaban J connectivity index is 1.38. The third-order valence-electron chi connectivity index (χ3n) is 4.47. The van der Waals surface area contributed by atoms with Crippen LogP contribution in [0.4, 0.5) is 4.79 Å². The van der Waals surface area contributed by atoms with Gasteiger partial charge in [0.25, 0.3) is 17.1 Å². The first-order chi connectivity index (χ1) is 13.9. The van der Waals surface area contributed by atoms with Crippen molar-refractivity contribution < 1.29 is 23.9 Å². The summed E-state index contributed by atoms with van der Waals surface area (Å²) in [5.41, 5.74) is 1.38. The van der Waals surface area contributed by atoms with Crippen LogP contribution in [0.1, 0.15) is 25.7 Å². The van der Waals surface area contributed by atoms with E-state index in [4.69, 9.17) is 9.47 Å². The van der Waals surface area contributed by atoms with Gasteiger partial charge in [-0.1, -0.05) is 6.07 Å². The molecule has 0 unspecified atom stereocenters. The normalized spacial score (nSPS) is 16.8. The van der Waals surface area contributed by atoms with Crippen LogP contribution in [0.2, 0.25) is 0 Å². The summed E-state index contributed by atoms with van der Waals surface area (Å²) in [4.78, 5) is 40.6. The van der Waals surface area contributed by atoms with E-state index in [9.17, 15) is 14.4 Å². The van der Waals surface area contributed by atoms with Crippen LogP contribution < -0.4 is 14.8 Å². The minimum atomic E-state index is -0.366. The number of benzene rings is 1. The Morgan fingerprint density at radius 1 is 1.21 bits per heavy atom. The first kappa shape index (κ1) is 19.5. The van der Waals surface area contributed by atoms with Gasteiger partial charge in [0.2, 0.25) is 6.79 Å². The number of thioether (sulfide) groups is 1. The molecule has 1 aromatic heterocycles. The van der Waals surface area contributed by atoms with Gasteiger partial charge in [0, 0.05) is 22.8 Å². The summed E-state index contributed by atoms with van der Waals surface area (Å²) in [6.07, 6.45) is 1.66. The van der Waals surface area contributed by atoms with E-state index in [0.29, 0.717) is 22.0 Å². The number of hydrogen-bond acceptors (Lipinski definition) is 7. The number of carbonyl (C=O) groups is 3. The van der Waals surface area contributed by atoms with Gasteiger partial charge in [-0.3, -0.25) is 19.3 Å². The predicted molar refractivity (Wildman–Crippen MR) is 111 cm³/mol. The van der Waals surface area contributed by atoms with Crippen LogP contribution >= 0.6 is 23.1 Å². The summed E-state index contributed by atoms with van der Waals surface area (Å²) >= 11 is 2.44. The van der Waals surface area contributed by atoms with Crippen LogP contribution in [0.15, 0.2) is 29.2 Å². The Labute approximate surface area is 175 Å². The Hall–Kier alpha value is -2.78. The molecular formula is C20H18N2O5S2. The summed E-state index contributed by atoms with van der Waals surface area (Å²) in [6.45, 7) is 4.33. The maximum absolute atomic E-state index is 12.6. The fourth-order valence-electron chi connectivity index (χ4n) is 3.08. The zero-order chi connectivity index (χ0) is 20.5. The summed E-state index contributed by atoms with van der Waals surface area (Å²) < 4.78 is 10.6. The second-order valence-corrected chi connectivity index (χ2v) is 8.98. The molecule has 150 valence electrons. The number of amides is 3. The van der Waals surface area contributed by atoms with Crippen LogP contribution in [-0.2, 0) is 4.79 Å². The summed E-state index contributed by atoms with van der Waals surface area (Å²) in [5, 5.41) is 2.43. The lowest BCUT2D eigenvalue weighted by molar-refractivity contribution is -0.122. The van der Waals surface area contributed by atoms with Gasteiger partial charge in [-0.25, -0.2) is 0 Å². The molecular weight excluding hydrogens is 412 g/mol. The van der Waals surface area contributed by atoms with Gasteiger partial charge < -0.3 is 14.8 Å². The standard InChI is InChI=1S/C20H18N2O5S2/c1-11-7-14(12(2)28-11)18(23)21-5-6-22-19(24)17(29-20(22)25)9-13-3-4-15-16(8-13)27-10-26-15/h3-4,7-9H,5-6,10H2,1-2H3,(H,21,23)/b17-9-. The molecule has 0 atom stereocenters. The Bertz CT molecular complexity index is 1040. The Morgan fingerprint density at radius 3 is 2.76 bits per heavy atom. The van der Waals surface area contributed by atoms with Crippen LogP contribution in [-0.4, -0.2) is 41.8 Å². The number of imide groups is 1. The first-order valence-electron chi connectivity index (χ1n) is 8.92. The Morgan fingerprint density at radius 2 is 2.00 bits per heavy atom. The molecule has 0 radical (unpaired) electrons. The van der Waals surface area contributed by atoms with E-state index in [0.717, 1.165) is 32.0 Å². The van der Waals surface area contributed by atoms with E-state index in [1.54, 1.807) is 35.6 Å². The Kier molecular flexibility index (Phi) is 5.33. The molecule has 1 N–H and O–H groups in total. The number of hydrogen-bond donors (Lipinski definition) is 1. The number of nitrogens with one attached hydrogen (secondary N) is 1. The van der Waals surface area contributed by atoms with Crippen molar-refractivity contribution in [2.75, 3.05) is 19.9 Å². The van der Waals surface area contributed by atoms with Crippen molar-refractivity contribution in [3.8, 4) is 11.5 Å². The molecule has 2 aliphatic rings. The van der Waals surface area contributed by atoms with Gasteiger partial charge in [0.15, 0.2) is 11.5 Å². The van der Waals surface area contributed by atoms with Crippen molar-refractivity contribution >= 4 is 46.2 Å². The molecule has 3 heterocycles. The number of nitrogens with zero attached hydrogens (tertiary/aromatic N) is 1. The maximum Gasteiger partial charge on any atom is 0.293 e. The highest BCUT2D eigenvalue weighted by atomic mass is 32.2. The van der Waals surface area contributed by atoms with Crippen molar-refractivity contribution in [3.63, 3.8) is 0 Å². The lowest BCUT2D eigenvalue weighted by atomic mass is 10.2. The summed E-state index contributed by atoms with van der Waals surface area (Å²) in [5.74, 6) is 0.700. The van der Waals surface area contributed by atoms with Crippen molar-refractivity contribution in [1.29, 1.82) is 0 Å². The zero-order valence-electron chi connectivity index (χ0n) is 15.8. The van der Waals surface area contributed by atoms with Crippen LogP contribution in [0.5, 0.6) is 11.5 Å². The molecule has 1 saturated heterocycles. The lowest BCUT2D eigenvalue weighted by Gasteiger charge is -2.13. The third kappa shape index (κ3) is 4.01. The van der Waals surface area contributed by atoms with Crippen LogP contribution in [0, 0.1) is 13.8 Å². The number of ether oxygens (including phenoxy) is 2. The van der Waals surface area contributed by atoms with E-state index in [1.165, 1.54) is 0 Å². The van der Waals surface area contributed by atoms with Crippen molar-refractivity contribution in [2.45, 2.75) is 13.8 Å². The molecule has 9 heteroatoms. The van der Waals surface area contributed by atoms with E-state index >= 15 is 0 Å². The molecule has 0 aliphatic carbocycles. The molecule has 0 saturated carbocycles. The molecule has 1 fully saturated rings. The maximum atomic E-state index is 12.6. The van der Waals surface area contributed by atoms with Gasteiger partial charge in [-0.05, 0) is 55.4 Å². The fraction of sp³-hybridized carbons (Fsp3) is 0.250. The SMILES string of the molecule is Cc1cc(C(=O)NCCN2C(=O)S/C(=C\c3ccc4c(c3)OCO4)C2=O)c(C)s1. The number of aryl methyl sites for hydroxylation is 2. The molecule has 3 amide bonds. The lowest BCUT2D eigenvalue weighted by Crippen LogP contribution is -2.37. The molecule has 4 rings (SSSR count). The van der Waals surface area contributed by atoms with Gasteiger partial charge in [0.05, 0.1) is 10.5 Å². The molecule has 2 aromatic rings. The minimum absolute atomic E-state index is 0.122. The van der Waals surface area contributed by atoms with Crippen molar-refractivity contribution in [1.82, 2.24) is 10.2 Å². The quantitative estimate of drug-likeness (QED) is 0.730. The van der Waals surface area contributed by atoms with Gasteiger partial charge in [0.1, 0.15) is 0 Å². The average molecular weight is 431 g/mol. The highest BCUT2D eigenvalue weighted by molar-refractivity contribution is 8.18. The van der Waals surface area contributed by atoms with E-state index in [1.807, 2.05) is 19.9 Å². The average Bonchev–Trinajstić information content (AvgIpc) is 3.35. The van der Waals surface area contributed by atoms with Crippen LogP contribution in [0.3, 0.4) is 0 Å². The third-order valence-corrected chi connectivity index (χ3v) is 6.35. The van der Waals surface area contributed by atoms with E-state index in [-0.39, 0.29) is 36.9 Å². The van der Waals surface area contributed by atoms with Gasteiger partial charge >= 0.3 is 0 Å². The highest BCUT2D eigenvalue weighted by Crippen LogP contribution is 2.36. The van der Waals surface area contributed by atoms with Gasteiger partial charge in [-0.2, -0.15) is 0 Å². The topological polar surface area (TPSA) is 84.9 Å². The number of thiophene rings is 1. The second kappa shape index (κ2) is 7.92. The predicted octanol–water partition coefficient (Wildman–Crippen LogP) is 3.56. The molecule has 0 spiro atoms. The van der Waals surface area contributed by atoms with E-state index in [2.05, 4.69) is 5.32 Å². The monoisotopic (exact) mass is 430 g/mol. The molecule has 7 nitrogen and oxygen atoms in total. The molecule has 29 heavy (non-hydrogen) atoms. The summed E-state index contributed by atoms with van der Waals surface area (Å²) in [6, 6.07) is 7.17. The number of rotatable bonds is 5. The van der Waals surface area contributed by atoms with E-state index < -0.39 is 0 Å². The molecule has 2 aliphatic heterocycles. The zero-order valence-corrected chi connectivity index (χ0v) is 17.4. The highest BCUT2D eigenvalue weighted by Gasteiger charge is 2.34. The fourth-order valence-corrected chi connectivity index (χ4v) is 4.87. The second-order valence-electron chi connectivity index (χ2n) is 6.53. The van der Waals surface area contributed by atoms with Gasteiger partial charge in [-0.15, -0.1) is 11.3 Å².